The van der Waals surface area contributed by atoms with Crippen molar-refractivity contribution in [2.24, 2.45) is 0 Å². The summed E-state index contributed by atoms with van der Waals surface area (Å²) < 4.78 is 26.9. The van der Waals surface area contributed by atoms with Crippen LogP contribution in [0.5, 0.6) is 0 Å². The summed E-state index contributed by atoms with van der Waals surface area (Å²) in [5.74, 6) is -3.24. The van der Waals surface area contributed by atoms with Gasteiger partial charge in [0.05, 0.1) is 5.92 Å². The Kier molecular flexibility index (Phi) is 4.35. The molecule has 2 aromatic rings. The first-order valence-corrected chi connectivity index (χ1v) is 6.27. The summed E-state index contributed by atoms with van der Waals surface area (Å²) in [6.07, 6.45) is -0.0677. The van der Waals surface area contributed by atoms with E-state index in [4.69, 9.17) is 11.6 Å². The van der Waals surface area contributed by atoms with E-state index in [2.05, 4.69) is 0 Å². The van der Waals surface area contributed by atoms with E-state index in [-0.39, 0.29) is 17.0 Å². The molecule has 1 atom stereocenters. The van der Waals surface area contributed by atoms with Gasteiger partial charge < -0.3 is 5.11 Å². The molecule has 1 unspecified atom stereocenters. The molecule has 2 aromatic carbocycles. The van der Waals surface area contributed by atoms with Crippen LogP contribution in [0, 0.1) is 11.6 Å². The smallest absolute Gasteiger partial charge is 0.311 e. The first-order chi connectivity index (χ1) is 9.47. The number of benzene rings is 2. The minimum absolute atomic E-state index is 0.0677. The fraction of sp³-hybridized carbons (Fsp3) is 0.133. The Morgan fingerprint density at radius 3 is 2.55 bits per heavy atom. The Labute approximate surface area is 119 Å². The van der Waals surface area contributed by atoms with Crippen LogP contribution >= 0.6 is 11.6 Å². The quantitative estimate of drug-likeness (QED) is 0.925. The van der Waals surface area contributed by atoms with E-state index >= 15 is 0 Å². The average Bonchev–Trinajstić information content (AvgIpc) is 2.37. The molecule has 2 nitrogen and oxygen atoms in total. The maximum atomic E-state index is 13.7. The lowest BCUT2D eigenvalue weighted by molar-refractivity contribution is -0.138. The van der Waals surface area contributed by atoms with Gasteiger partial charge in [-0.1, -0.05) is 29.8 Å². The number of halogens is 3. The van der Waals surface area contributed by atoms with Gasteiger partial charge >= 0.3 is 5.97 Å². The van der Waals surface area contributed by atoms with Crippen LogP contribution in [0.4, 0.5) is 8.78 Å². The van der Waals surface area contributed by atoms with Gasteiger partial charge in [0, 0.05) is 5.02 Å². The zero-order valence-electron chi connectivity index (χ0n) is 10.3. The molecular weight excluding hydrogens is 286 g/mol. The van der Waals surface area contributed by atoms with Crippen molar-refractivity contribution in [3.05, 3.63) is 70.2 Å². The maximum Gasteiger partial charge on any atom is 0.311 e. The molecule has 0 spiro atoms. The fourth-order valence-electron chi connectivity index (χ4n) is 1.98. The lowest BCUT2D eigenvalue weighted by Gasteiger charge is -2.13. The molecule has 20 heavy (non-hydrogen) atoms. The van der Waals surface area contributed by atoms with Crippen LogP contribution in [0.25, 0.3) is 0 Å². The highest BCUT2D eigenvalue weighted by molar-refractivity contribution is 6.30. The van der Waals surface area contributed by atoms with Gasteiger partial charge in [-0.3, -0.25) is 4.79 Å². The van der Waals surface area contributed by atoms with Crippen molar-refractivity contribution in [3.8, 4) is 0 Å². The van der Waals surface area contributed by atoms with E-state index in [9.17, 15) is 18.7 Å². The number of hydrogen-bond acceptors (Lipinski definition) is 1. The summed E-state index contributed by atoms with van der Waals surface area (Å²) in [5.41, 5.74) is 0.526. The van der Waals surface area contributed by atoms with Crippen molar-refractivity contribution in [1.82, 2.24) is 0 Å². The van der Waals surface area contributed by atoms with Crippen LogP contribution < -0.4 is 0 Å². The van der Waals surface area contributed by atoms with Crippen LogP contribution in [0.3, 0.4) is 0 Å². The molecule has 0 aliphatic heterocycles. The van der Waals surface area contributed by atoms with Crippen molar-refractivity contribution in [3.63, 3.8) is 0 Å². The van der Waals surface area contributed by atoms with Gasteiger partial charge in [0.2, 0.25) is 0 Å². The number of aliphatic carboxylic acids is 1. The Morgan fingerprint density at radius 1 is 1.20 bits per heavy atom. The molecule has 0 aromatic heterocycles. The lowest BCUT2D eigenvalue weighted by atomic mass is 9.92. The van der Waals surface area contributed by atoms with E-state index in [1.807, 2.05) is 0 Å². The first-order valence-electron chi connectivity index (χ1n) is 5.89. The van der Waals surface area contributed by atoms with Crippen molar-refractivity contribution in [2.75, 3.05) is 0 Å². The molecule has 0 fully saturated rings. The molecule has 5 heteroatoms. The topological polar surface area (TPSA) is 37.3 Å². The van der Waals surface area contributed by atoms with Gasteiger partial charge in [-0.15, -0.1) is 0 Å². The summed E-state index contributed by atoms with van der Waals surface area (Å²) in [7, 11) is 0. The van der Waals surface area contributed by atoms with Gasteiger partial charge in [0.25, 0.3) is 0 Å². The summed E-state index contributed by atoms with van der Waals surface area (Å²) in [6, 6.07) is 9.37. The largest absolute Gasteiger partial charge is 0.481 e. The fourth-order valence-corrected chi connectivity index (χ4v) is 2.14. The number of hydrogen-bond donors (Lipinski definition) is 1. The molecule has 0 aliphatic carbocycles. The molecule has 0 heterocycles. The molecule has 0 saturated heterocycles. The van der Waals surface area contributed by atoms with E-state index in [0.717, 1.165) is 12.1 Å². The Bertz CT molecular complexity index is 644. The van der Waals surface area contributed by atoms with Crippen LogP contribution in [0.1, 0.15) is 17.0 Å². The molecule has 0 aliphatic rings. The zero-order valence-corrected chi connectivity index (χ0v) is 11.1. The normalized spacial score (nSPS) is 12.2. The summed E-state index contributed by atoms with van der Waals surface area (Å²) >= 11 is 5.65. The zero-order chi connectivity index (χ0) is 14.7. The third-order valence-electron chi connectivity index (χ3n) is 2.99. The van der Waals surface area contributed by atoms with Crippen LogP contribution in [0.2, 0.25) is 5.02 Å². The second-order valence-corrected chi connectivity index (χ2v) is 4.82. The molecule has 0 saturated carbocycles. The Balaban J connectivity index is 2.33. The van der Waals surface area contributed by atoms with Crippen molar-refractivity contribution in [2.45, 2.75) is 12.3 Å². The molecular formula is C15H11ClF2O2. The second kappa shape index (κ2) is 6.01. The van der Waals surface area contributed by atoms with Gasteiger partial charge in [-0.05, 0) is 41.8 Å². The third-order valence-corrected chi connectivity index (χ3v) is 3.22. The van der Waals surface area contributed by atoms with Crippen molar-refractivity contribution < 1.29 is 18.7 Å². The number of carboxylic acids is 1. The highest BCUT2D eigenvalue weighted by Crippen LogP contribution is 2.25. The SMILES string of the molecule is O=C(O)C(Cc1ccc(Cl)cc1F)c1cccc(F)c1. The van der Waals surface area contributed by atoms with Crippen molar-refractivity contribution in [1.29, 1.82) is 0 Å². The van der Waals surface area contributed by atoms with E-state index in [1.54, 1.807) is 0 Å². The first kappa shape index (κ1) is 14.5. The predicted molar refractivity (Wildman–Crippen MR) is 71.9 cm³/mol. The average molecular weight is 297 g/mol. The highest BCUT2D eigenvalue weighted by atomic mass is 35.5. The highest BCUT2D eigenvalue weighted by Gasteiger charge is 2.22. The van der Waals surface area contributed by atoms with Gasteiger partial charge in [-0.2, -0.15) is 0 Å². The van der Waals surface area contributed by atoms with Crippen LogP contribution in [-0.4, -0.2) is 11.1 Å². The molecule has 104 valence electrons. The molecule has 1 N–H and O–H groups in total. The summed E-state index contributed by atoms with van der Waals surface area (Å²) in [4.78, 5) is 11.3. The van der Waals surface area contributed by atoms with Gasteiger partial charge in [0.15, 0.2) is 0 Å². The number of carbonyl (C=O) groups is 1. The van der Waals surface area contributed by atoms with E-state index < -0.39 is 23.5 Å². The minimum Gasteiger partial charge on any atom is -0.481 e. The van der Waals surface area contributed by atoms with Crippen LogP contribution in [-0.2, 0) is 11.2 Å². The van der Waals surface area contributed by atoms with E-state index in [0.29, 0.717) is 5.56 Å². The standard InChI is InChI=1S/C15H11ClF2O2/c16-11-5-4-10(14(18)8-11)7-13(15(19)20)9-2-1-3-12(17)6-9/h1-6,8,13H,7H2,(H,19,20). The van der Waals surface area contributed by atoms with E-state index in [1.165, 1.54) is 30.3 Å². The van der Waals surface area contributed by atoms with Crippen LogP contribution in [0.15, 0.2) is 42.5 Å². The molecule has 0 bridgehead atoms. The molecule has 0 radical (unpaired) electrons. The van der Waals surface area contributed by atoms with Crippen molar-refractivity contribution >= 4 is 17.6 Å². The monoisotopic (exact) mass is 296 g/mol. The third kappa shape index (κ3) is 3.33. The Morgan fingerprint density at radius 2 is 1.95 bits per heavy atom. The van der Waals surface area contributed by atoms with Gasteiger partial charge in [0.1, 0.15) is 11.6 Å². The number of carboxylic acid groups (broad SMARTS) is 1. The number of rotatable bonds is 4. The maximum absolute atomic E-state index is 13.7. The summed E-state index contributed by atoms with van der Waals surface area (Å²) in [6.45, 7) is 0. The molecule has 2 rings (SSSR count). The predicted octanol–water partition coefficient (Wildman–Crippen LogP) is 4.03. The minimum atomic E-state index is -1.13. The molecule has 0 amide bonds. The summed E-state index contributed by atoms with van der Waals surface area (Å²) in [5, 5.41) is 9.49. The Hall–Kier alpha value is -1.94. The lowest BCUT2D eigenvalue weighted by Crippen LogP contribution is -2.15. The van der Waals surface area contributed by atoms with Gasteiger partial charge in [-0.25, -0.2) is 8.78 Å². The second-order valence-electron chi connectivity index (χ2n) is 4.39.